The second-order valence-corrected chi connectivity index (χ2v) is 7.77. The average Bonchev–Trinajstić information content (AvgIpc) is 2.87. The summed E-state index contributed by atoms with van der Waals surface area (Å²) < 4.78 is 12.7. The van der Waals surface area contributed by atoms with Crippen molar-refractivity contribution in [3.63, 3.8) is 0 Å². The fourth-order valence-corrected chi connectivity index (χ4v) is 4.03. The number of methoxy groups -OCH3 is 2. The highest BCUT2D eigenvalue weighted by Gasteiger charge is 2.43. The van der Waals surface area contributed by atoms with Gasteiger partial charge in [-0.25, -0.2) is 4.79 Å². The molecule has 2 aromatic rings. The Morgan fingerprint density at radius 1 is 1.03 bits per heavy atom. The van der Waals surface area contributed by atoms with Crippen LogP contribution >= 0.6 is 0 Å². The number of aryl methyl sites for hydroxylation is 2. The van der Waals surface area contributed by atoms with Crippen LogP contribution in [0.4, 0.5) is 5.69 Å². The van der Waals surface area contributed by atoms with Crippen molar-refractivity contribution in [2.24, 2.45) is 0 Å². The van der Waals surface area contributed by atoms with Crippen LogP contribution in [0.15, 0.2) is 36.4 Å². The van der Waals surface area contributed by atoms with Crippen LogP contribution in [0.2, 0.25) is 0 Å². The molecule has 1 aliphatic heterocycles. The van der Waals surface area contributed by atoms with Crippen molar-refractivity contribution in [3.05, 3.63) is 64.2 Å². The molecule has 0 unspecified atom stereocenters. The zero-order valence-corrected chi connectivity index (χ0v) is 20.2. The van der Waals surface area contributed by atoms with Crippen molar-refractivity contribution in [1.82, 2.24) is 0 Å². The Bertz CT molecular complexity index is 1020. The van der Waals surface area contributed by atoms with Gasteiger partial charge < -0.3 is 33.5 Å². The number of esters is 1. The SMILES string of the molecule is COC(=O)c1ccc2c(c1)C(C)(C)C(C=Cc1c(C)ccc(C)c1OC)=[N+]2C.[I-]. The first-order chi connectivity index (χ1) is 13.2. The fraction of sp³-hybridized carbons (Fsp3) is 0.333. The zero-order valence-electron chi connectivity index (χ0n) is 18.1. The van der Waals surface area contributed by atoms with Crippen LogP contribution in [0.3, 0.4) is 0 Å². The summed E-state index contributed by atoms with van der Waals surface area (Å²) in [5.74, 6) is 0.589. The summed E-state index contributed by atoms with van der Waals surface area (Å²) in [7, 11) is 5.18. The number of rotatable bonds is 4. The summed E-state index contributed by atoms with van der Waals surface area (Å²) >= 11 is 0. The molecule has 0 aromatic heterocycles. The number of ether oxygens (including phenoxy) is 2. The number of allylic oxidation sites excluding steroid dienone is 1. The quantitative estimate of drug-likeness (QED) is 0.362. The topological polar surface area (TPSA) is 38.5 Å². The van der Waals surface area contributed by atoms with E-state index in [2.05, 4.69) is 63.6 Å². The summed E-state index contributed by atoms with van der Waals surface area (Å²) in [6.45, 7) is 8.50. The summed E-state index contributed by atoms with van der Waals surface area (Å²) in [5, 5.41) is 0. The maximum Gasteiger partial charge on any atom is 0.337 e. The van der Waals surface area contributed by atoms with Crippen molar-refractivity contribution in [2.45, 2.75) is 33.1 Å². The number of benzene rings is 2. The number of carbonyl (C=O) groups is 1. The van der Waals surface area contributed by atoms with Gasteiger partial charge >= 0.3 is 5.97 Å². The summed E-state index contributed by atoms with van der Waals surface area (Å²) in [4.78, 5) is 12.0. The first-order valence-electron chi connectivity index (χ1n) is 9.38. The number of nitrogens with zero attached hydrogens (tertiary/aromatic N) is 1. The van der Waals surface area contributed by atoms with Gasteiger partial charge in [-0.1, -0.05) is 12.1 Å². The van der Waals surface area contributed by atoms with Gasteiger partial charge in [-0.2, -0.15) is 4.58 Å². The van der Waals surface area contributed by atoms with Gasteiger partial charge in [0.05, 0.1) is 25.2 Å². The second-order valence-electron chi connectivity index (χ2n) is 7.77. The Morgan fingerprint density at radius 2 is 1.69 bits per heavy atom. The summed E-state index contributed by atoms with van der Waals surface area (Å²) in [5.41, 5.74) is 7.08. The van der Waals surface area contributed by atoms with E-state index in [-0.39, 0.29) is 35.4 Å². The van der Waals surface area contributed by atoms with Gasteiger partial charge in [-0.15, -0.1) is 0 Å². The molecular weight excluding hydrogens is 477 g/mol. The summed E-state index contributed by atoms with van der Waals surface area (Å²) in [6, 6.07) is 9.94. The number of carbonyl (C=O) groups excluding carboxylic acids is 1. The third kappa shape index (κ3) is 3.97. The van der Waals surface area contributed by atoms with Crippen LogP contribution in [0, 0.1) is 13.8 Å². The molecule has 0 aliphatic carbocycles. The highest BCUT2D eigenvalue weighted by molar-refractivity contribution is 6.06. The highest BCUT2D eigenvalue weighted by atomic mass is 127. The standard InChI is InChI=1S/C24H28NO3.HI/c1-15-8-9-16(2)22(27-6)18(15)11-13-21-24(3,4)19-14-17(23(26)28-7)10-12-20(19)25(21)5;/h8-14H,1-7H3;1H/q+1;/p-1. The number of halogens is 1. The molecule has 0 saturated carbocycles. The molecule has 0 atom stereocenters. The average molecular weight is 505 g/mol. The molecule has 3 rings (SSSR count). The molecule has 5 heteroatoms. The van der Waals surface area contributed by atoms with Crippen molar-refractivity contribution in [1.29, 1.82) is 0 Å². The largest absolute Gasteiger partial charge is 1.00 e. The predicted molar refractivity (Wildman–Crippen MR) is 113 cm³/mol. The lowest BCUT2D eigenvalue weighted by atomic mass is 9.80. The Morgan fingerprint density at radius 3 is 2.31 bits per heavy atom. The Labute approximate surface area is 190 Å². The van der Waals surface area contributed by atoms with Gasteiger partial charge in [-0.05, 0) is 57.0 Å². The monoisotopic (exact) mass is 505 g/mol. The number of fused-ring (bicyclic) bond motifs is 1. The molecule has 0 N–H and O–H groups in total. The fourth-order valence-electron chi connectivity index (χ4n) is 4.03. The Hall–Kier alpha value is -2.15. The Balaban J connectivity index is 0.00000300. The molecule has 0 spiro atoms. The summed E-state index contributed by atoms with van der Waals surface area (Å²) in [6.07, 6.45) is 4.28. The molecule has 1 heterocycles. The van der Waals surface area contributed by atoms with Crippen LogP contribution in [0.25, 0.3) is 6.08 Å². The molecular formula is C24H28INO3. The minimum absolute atomic E-state index is 0. The van der Waals surface area contributed by atoms with E-state index >= 15 is 0 Å². The van der Waals surface area contributed by atoms with E-state index in [1.54, 1.807) is 7.11 Å². The molecule has 1 aliphatic rings. The molecule has 0 radical (unpaired) electrons. The molecule has 0 amide bonds. The van der Waals surface area contributed by atoms with Crippen LogP contribution in [-0.4, -0.2) is 37.5 Å². The van der Waals surface area contributed by atoms with Gasteiger partial charge in [0.25, 0.3) is 0 Å². The smallest absolute Gasteiger partial charge is 0.337 e. The maximum absolute atomic E-state index is 12.0. The minimum atomic E-state index is -0.314. The van der Waals surface area contributed by atoms with Gasteiger partial charge in [0.1, 0.15) is 12.8 Å². The molecule has 29 heavy (non-hydrogen) atoms. The molecule has 154 valence electrons. The first kappa shape index (κ1) is 23.1. The third-order valence-electron chi connectivity index (χ3n) is 5.68. The molecule has 2 aromatic carbocycles. The maximum atomic E-state index is 12.0. The number of hydrogen-bond acceptors (Lipinski definition) is 3. The van der Waals surface area contributed by atoms with Gasteiger partial charge in [-0.3, -0.25) is 0 Å². The van der Waals surface area contributed by atoms with Crippen LogP contribution in [0.5, 0.6) is 5.75 Å². The van der Waals surface area contributed by atoms with Gasteiger partial charge in [0.2, 0.25) is 5.69 Å². The zero-order chi connectivity index (χ0) is 20.6. The van der Waals surface area contributed by atoms with Gasteiger partial charge in [0, 0.05) is 23.3 Å². The van der Waals surface area contributed by atoms with Crippen molar-refractivity contribution >= 4 is 23.4 Å². The van der Waals surface area contributed by atoms with Crippen LogP contribution in [-0.2, 0) is 10.2 Å². The van der Waals surface area contributed by atoms with E-state index < -0.39 is 0 Å². The molecule has 4 nitrogen and oxygen atoms in total. The minimum Gasteiger partial charge on any atom is -1.00 e. The molecule has 0 fully saturated rings. The normalized spacial score (nSPS) is 14.6. The van der Waals surface area contributed by atoms with Crippen molar-refractivity contribution < 1.29 is 42.8 Å². The van der Waals surface area contributed by atoms with Crippen molar-refractivity contribution in [2.75, 3.05) is 21.3 Å². The van der Waals surface area contributed by atoms with E-state index in [4.69, 9.17) is 9.47 Å². The lowest BCUT2D eigenvalue weighted by molar-refractivity contribution is -0.401. The number of hydrogen-bond donors (Lipinski definition) is 0. The third-order valence-corrected chi connectivity index (χ3v) is 5.68. The van der Waals surface area contributed by atoms with Gasteiger partial charge in [0.15, 0.2) is 5.71 Å². The van der Waals surface area contributed by atoms with E-state index in [1.165, 1.54) is 12.7 Å². The predicted octanol–water partition coefficient (Wildman–Crippen LogP) is 1.82. The molecule has 0 saturated heterocycles. The lowest BCUT2D eigenvalue weighted by Crippen LogP contribution is -3.00. The molecule has 0 bridgehead atoms. The Kier molecular flexibility index (Phi) is 6.93. The second kappa shape index (κ2) is 8.69. The highest BCUT2D eigenvalue weighted by Crippen LogP contribution is 2.40. The van der Waals surface area contributed by atoms with E-state index in [1.807, 2.05) is 18.2 Å². The van der Waals surface area contributed by atoms with E-state index in [0.717, 1.165) is 33.8 Å². The lowest BCUT2D eigenvalue weighted by Gasteiger charge is -2.16. The van der Waals surface area contributed by atoms with E-state index in [0.29, 0.717) is 5.56 Å². The first-order valence-corrected chi connectivity index (χ1v) is 9.38. The van der Waals surface area contributed by atoms with Crippen molar-refractivity contribution in [3.8, 4) is 5.75 Å². The van der Waals surface area contributed by atoms with Crippen LogP contribution in [0.1, 0.15) is 46.5 Å². The van der Waals surface area contributed by atoms with E-state index in [9.17, 15) is 4.79 Å². The van der Waals surface area contributed by atoms with Crippen LogP contribution < -0.4 is 28.7 Å².